The van der Waals surface area contributed by atoms with Crippen LogP contribution in [-0.2, 0) is 9.53 Å². The number of hydrogen-bond acceptors (Lipinski definition) is 5. The van der Waals surface area contributed by atoms with Gasteiger partial charge in [-0.2, -0.15) is 0 Å². The van der Waals surface area contributed by atoms with Crippen LogP contribution < -0.4 is 9.47 Å². The van der Waals surface area contributed by atoms with Crippen LogP contribution in [0.25, 0.3) is 0 Å². The molecule has 0 radical (unpaired) electrons. The summed E-state index contributed by atoms with van der Waals surface area (Å²) in [6, 6.07) is 10.8. The van der Waals surface area contributed by atoms with E-state index < -0.39 is 18.0 Å². The number of carbonyl (C=O) groups is 2. The summed E-state index contributed by atoms with van der Waals surface area (Å²) >= 11 is 11.9. The summed E-state index contributed by atoms with van der Waals surface area (Å²) in [4.78, 5) is 24.1. The molecule has 0 aliphatic carbocycles. The van der Waals surface area contributed by atoms with Crippen LogP contribution >= 0.6 is 23.2 Å². The summed E-state index contributed by atoms with van der Waals surface area (Å²) < 4.78 is 15.9. The molecule has 144 valence electrons. The van der Waals surface area contributed by atoms with Gasteiger partial charge in [0.05, 0.1) is 17.2 Å². The molecule has 0 aliphatic heterocycles. The van der Waals surface area contributed by atoms with E-state index in [1.807, 2.05) is 13.8 Å². The van der Waals surface area contributed by atoms with E-state index in [1.54, 1.807) is 19.1 Å². The number of ether oxygens (including phenoxy) is 3. The Morgan fingerprint density at radius 2 is 1.67 bits per heavy atom. The van der Waals surface area contributed by atoms with Gasteiger partial charge in [0.15, 0.2) is 6.10 Å². The van der Waals surface area contributed by atoms with Gasteiger partial charge in [-0.25, -0.2) is 9.59 Å². The van der Waals surface area contributed by atoms with E-state index in [-0.39, 0.29) is 11.7 Å². The average molecular weight is 411 g/mol. The number of carbonyl (C=O) groups excluding carboxylic acids is 2. The lowest BCUT2D eigenvalue weighted by Crippen LogP contribution is -2.28. The van der Waals surface area contributed by atoms with Gasteiger partial charge in [0.25, 0.3) is 0 Å². The Morgan fingerprint density at radius 3 is 2.26 bits per heavy atom. The zero-order valence-electron chi connectivity index (χ0n) is 15.2. The first-order valence-electron chi connectivity index (χ1n) is 8.37. The van der Waals surface area contributed by atoms with Crippen LogP contribution in [0.1, 0.15) is 31.1 Å². The third kappa shape index (κ3) is 6.45. The van der Waals surface area contributed by atoms with Crippen molar-refractivity contribution in [3.05, 3.63) is 58.1 Å². The molecule has 7 heteroatoms. The fraction of sp³-hybridized carbons (Fsp3) is 0.300. The molecule has 0 amide bonds. The zero-order chi connectivity index (χ0) is 20.0. The fourth-order valence-electron chi connectivity index (χ4n) is 1.99. The molecule has 2 aromatic rings. The summed E-state index contributed by atoms with van der Waals surface area (Å²) in [6.45, 7) is 5.80. The highest BCUT2D eigenvalue weighted by Crippen LogP contribution is 2.28. The molecule has 2 rings (SSSR count). The molecule has 0 N–H and O–H groups in total. The Morgan fingerprint density at radius 1 is 1.00 bits per heavy atom. The smallest absolute Gasteiger partial charge is 0.352 e. The van der Waals surface area contributed by atoms with Gasteiger partial charge >= 0.3 is 11.9 Å². The van der Waals surface area contributed by atoms with E-state index >= 15 is 0 Å². The van der Waals surface area contributed by atoms with E-state index in [1.165, 1.54) is 30.3 Å². The quantitative estimate of drug-likeness (QED) is 0.464. The Balaban J connectivity index is 1.93. The molecule has 0 heterocycles. The second-order valence-corrected chi connectivity index (χ2v) is 7.12. The Labute approximate surface area is 168 Å². The lowest BCUT2D eigenvalue weighted by Gasteiger charge is -2.15. The van der Waals surface area contributed by atoms with Crippen molar-refractivity contribution in [1.29, 1.82) is 0 Å². The number of benzene rings is 2. The summed E-state index contributed by atoms with van der Waals surface area (Å²) in [7, 11) is 0. The van der Waals surface area contributed by atoms with Crippen molar-refractivity contribution < 1.29 is 23.8 Å². The molecule has 0 saturated heterocycles. The third-order valence-electron chi connectivity index (χ3n) is 3.39. The highest BCUT2D eigenvalue weighted by atomic mass is 35.5. The molecule has 0 fully saturated rings. The van der Waals surface area contributed by atoms with Crippen LogP contribution in [0.3, 0.4) is 0 Å². The summed E-state index contributed by atoms with van der Waals surface area (Å²) in [5.74, 6) is -0.150. The molecule has 0 spiro atoms. The van der Waals surface area contributed by atoms with Crippen molar-refractivity contribution >= 4 is 35.1 Å². The summed E-state index contributed by atoms with van der Waals surface area (Å²) in [5.41, 5.74) is 0.382. The Hall–Kier alpha value is -2.24. The maximum atomic E-state index is 12.2. The SMILES string of the molecule is CC(C)COC(=O)c1ccc(OC(=O)C(C)Oc2ccc(Cl)cc2Cl)cc1. The molecule has 1 atom stereocenters. The minimum Gasteiger partial charge on any atom is -0.477 e. The topological polar surface area (TPSA) is 61.8 Å². The summed E-state index contributed by atoms with van der Waals surface area (Å²) in [6.07, 6.45) is -0.889. The largest absolute Gasteiger partial charge is 0.477 e. The van der Waals surface area contributed by atoms with Gasteiger partial charge in [-0.3, -0.25) is 0 Å². The second kappa shape index (κ2) is 9.62. The van der Waals surface area contributed by atoms with Gasteiger partial charge in [-0.1, -0.05) is 37.0 Å². The van der Waals surface area contributed by atoms with Crippen molar-refractivity contribution in [2.45, 2.75) is 26.9 Å². The lowest BCUT2D eigenvalue weighted by atomic mass is 10.2. The molecular formula is C20H20Cl2O5. The van der Waals surface area contributed by atoms with E-state index in [0.717, 1.165) is 0 Å². The maximum Gasteiger partial charge on any atom is 0.352 e. The molecule has 0 aromatic heterocycles. The third-order valence-corrected chi connectivity index (χ3v) is 3.92. The van der Waals surface area contributed by atoms with E-state index in [4.69, 9.17) is 37.4 Å². The van der Waals surface area contributed by atoms with Crippen molar-refractivity contribution in [1.82, 2.24) is 0 Å². The summed E-state index contributed by atoms with van der Waals surface area (Å²) in [5, 5.41) is 0.765. The van der Waals surface area contributed by atoms with Crippen LogP contribution in [0, 0.1) is 5.92 Å². The lowest BCUT2D eigenvalue weighted by molar-refractivity contribution is -0.141. The molecule has 5 nitrogen and oxygen atoms in total. The molecule has 0 aliphatic rings. The van der Waals surface area contributed by atoms with Crippen LogP contribution in [0.2, 0.25) is 10.0 Å². The molecule has 2 aromatic carbocycles. The van der Waals surface area contributed by atoms with Gasteiger partial charge < -0.3 is 14.2 Å². The van der Waals surface area contributed by atoms with Gasteiger partial charge in [-0.15, -0.1) is 0 Å². The Bertz CT molecular complexity index is 803. The van der Waals surface area contributed by atoms with E-state index in [0.29, 0.717) is 28.0 Å². The predicted molar refractivity (Wildman–Crippen MR) is 104 cm³/mol. The molecule has 27 heavy (non-hydrogen) atoms. The number of esters is 2. The van der Waals surface area contributed by atoms with Crippen molar-refractivity contribution in [2.75, 3.05) is 6.61 Å². The predicted octanol–water partition coefficient (Wildman–Crippen LogP) is 5.18. The zero-order valence-corrected chi connectivity index (χ0v) is 16.7. The van der Waals surface area contributed by atoms with E-state index in [9.17, 15) is 9.59 Å². The normalized spacial score (nSPS) is 11.8. The van der Waals surface area contributed by atoms with Crippen molar-refractivity contribution in [3.63, 3.8) is 0 Å². The molecule has 0 bridgehead atoms. The van der Waals surface area contributed by atoms with Crippen LogP contribution in [-0.4, -0.2) is 24.6 Å². The van der Waals surface area contributed by atoms with Gasteiger partial charge in [0, 0.05) is 5.02 Å². The number of halogens is 2. The molecule has 0 saturated carbocycles. The minimum absolute atomic E-state index is 0.254. The van der Waals surface area contributed by atoms with Crippen LogP contribution in [0.15, 0.2) is 42.5 Å². The monoisotopic (exact) mass is 410 g/mol. The van der Waals surface area contributed by atoms with Gasteiger partial charge in [0.2, 0.25) is 0 Å². The van der Waals surface area contributed by atoms with E-state index in [2.05, 4.69) is 0 Å². The maximum absolute atomic E-state index is 12.2. The van der Waals surface area contributed by atoms with Crippen molar-refractivity contribution in [3.8, 4) is 11.5 Å². The minimum atomic E-state index is -0.889. The van der Waals surface area contributed by atoms with Gasteiger partial charge in [0.1, 0.15) is 11.5 Å². The van der Waals surface area contributed by atoms with Crippen LogP contribution in [0.5, 0.6) is 11.5 Å². The first-order valence-corrected chi connectivity index (χ1v) is 9.12. The standard InChI is InChI=1S/C20H20Cl2O5/c1-12(2)11-25-20(24)14-4-7-16(8-5-14)27-19(23)13(3)26-18-9-6-15(21)10-17(18)22/h4-10,12-13H,11H2,1-3H3. The molecule has 1 unspecified atom stereocenters. The highest BCUT2D eigenvalue weighted by Gasteiger charge is 2.19. The Kier molecular flexibility index (Phi) is 7.51. The second-order valence-electron chi connectivity index (χ2n) is 6.27. The number of rotatable bonds is 7. The fourth-order valence-corrected chi connectivity index (χ4v) is 2.45. The molecular weight excluding hydrogens is 391 g/mol. The first-order chi connectivity index (χ1) is 12.8. The number of hydrogen-bond donors (Lipinski definition) is 0. The van der Waals surface area contributed by atoms with Crippen molar-refractivity contribution in [2.24, 2.45) is 5.92 Å². The first kappa shape index (κ1) is 21.1. The highest BCUT2D eigenvalue weighted by molar-refractivity contribution is 6.35. The van der Waals surface area contributed by atoms with Crippen LogP contribution in [0.4, 0.5) is 0 Å². The average Bonchev–Trinajstić information content (AvgIpc) is 2.62. The van der Waals surface area contributed by atoms with Gasteiger partial charge in [-0.05, 0) is 55.3 Å².